The van der Waals surface area contributed by atoms with Crippen LogP contribution in [-0.4, -0.2) is 29.8 Å². The van der Waals surface area contributed by atoms with Gasteiger partial charge in [0.1, 0.15) is 0 Å². The number of rotatable bonds is 0. The van der Waals surface area contributed by atoms with Gasteiger partial charge >= 0.3 is 0 Å². The second-order valence-electron chi connectivity index (χ2n) is 4.84. The fraction of sp³-hybridized carbons (Fsp3) is 0.750. The molecule has 2 heterocycles. The van der Waals surface area contributed by atoms with E-state index in [9.17, 15) is 4.79 Å². The molecule has 76 valence electrons. The zero-order valence-electron chi connectivity index (χ0n) is 8.48. The van der Waals surface area contributed by atoms with Gasteiger partial charge in [0.05, 0.1) is 0 Å². The maximum atomic E-state index is 11.7. The van der Waals surface area contributed by atoms with Crippen LogP contribution in [0.15, 0.2) is 12.2 Å². The first kappa shape index (κ1) is 8.66. The molecule has 2 fully saturated rings. The van der Waals surface area contributed by atoms with E-state index in [1.807, 2.05) is 6.08 Å². The standard InChI is InChI=1S/C12H17NO/c14-11-6-5-9-3-1-7-13-8-2-4-10(11)12(9)13/h5-6,9-10,12H,1-4,7-8H2/t9-,10+,12+/m0/s1. The van der Waals surface area contributed by atoms with Crippen LogP contribution in [-0.2, 0) is 4.79 Å². The average Bonchev–Trinajstić information content (AvgIpc) is 2.24. The number of carbonyl (C=O) groups excluding carboxylic acids is 1. The van der Waals surface area contributed by atoms with Crippen LogP contribution < -0.4 is 0 Å². The van der Waals surface area contributed by atoms with Crippen molar-refractivity contribution in [3.8, 4) is 0 Å². The lowest BCUT2D eigenvalue weighted by atomic mass is 9.72. The van der Waals surface area contributed by atoms with Crippen LogP contribution in [0, 0.1) is 11.8 Å². The van der Waals surface area contributed by atoms with Crippen LogP contribution in [0.3, 0.4) is 0 Å². The molecule has 0 saturated carbocycles. The molecule has 3 rings (SSSR count). The monoisotopic (exact) mass is 191 g/mol. The first-order chi connectivity index (χ1) is 6.86. The molecule has 0 N–H and O–H groups in total. The van der Waals surface area contributed by atoms with E-state index < -0.39 is 0 Å². The molecule has 3 aliphatic rings. The first-order valence-electron chi connectivity index (χ1n) is 5.82. The van der Waals surface area contributed by atoms with E-state index in [4.69, 9.17) is 0 Å². The van der Waals surface area contributed by atoms with Gasteiger partial charge in [-0.3, -0.25) is 9.69 Å². The molecular weight excluding hydrogens is 174 g/mol. The number of hydrogen-bond acceptors (Lipinski definition) is 2. The average molecular weight is 191 g/mol. The lowest BCUT2D eigenvalue weighted by molar-refractivity contribution is -0.124. The number of nitrogens with zero attached hydrogens (tertiary/aromatic N) is 1. The van der Waals surface area contributed by atoms with Crippen LogP contribution in [0.4, 0.5) is 0 Å². The van der Waals surface area contributed by atoms with E-state index in [0.29, 0.717) is 23.7 Å². The molecule has 3 atom stereocenters. The van der Waals surface area contributed by atoms with Crippen molar-refractivity contribution in [3.05, 3.63) is 12.2 Å². The molecule has 2 aliphatic heterocycles. The van der Waals surface area contributed by atoms with E-state index in [-0.39, 0.29) is 0 Å². The van der Waals surface area contributed by atoms with Gasteiger partial charge in [-0.25, -0.2) is 0 Å². The Morgan fingerprint density at radius 3 is 2.86 bits per heavy atom. The molecule has 0 bridgehead atoms. The van der Waals surface area contributed by atoms with Gasteiger partial charge in [0, 0.05) is 12.0 Å². The Balaban J connectivity index is 1.95. The fourth-order valence-corrected chi connectivity index (χ4v) is 3.48. The molecule has 2 saturated heterocycles. The number of ketones is 1. The summed E-state index contributed by atoms with van der Waals surface area (Å²) in [6.45, 7) is 2.44. The van der Waals surface area contributed by atoms with Crippen molar-refractivity contribution in [2.24, 2.45) is 11.8 Å². The highest BCUT2D eigenvalue weighted by Crippen LogP contribution is 2.38. The third-order valence-corrected chi connectivity index (χ3v) is 4.09. The number of hydrogen-bond donors (Lipinski definition) is 0. The third kappa shape index (κ3) is 1.17. The van der Waals surface area contributed by atoms with Crippen molar-refractivity contribution in [2.75, 3.05) is 13.1 Å². The third-order valence-electron chi connectivity index (χ3n) is 4.09. The summed E-state index contributed by atoms with van der Waals surface area (Å²) in [5, 5.41) is 0. The normalized spacial score (nSPS) is 42.3. The van der Waals surface area contributed by atoms with Crippen molar-refractivity contribution >= 4 is 5.78 Å². The van der Waals surface area contributed by atoms with Crippen molar-refractivity contribution < 1.29 is 4.79 Å². The lowest BCUT2D eigenvalue weighted by Gasteiger charge is -2.48. The molecular formula is C12H17NO. The summed E-state index contributed by atoms with van der Waals surface area (Å²) in [4.78, 5) is 14.3. The van der Waals surface area contributed by atoms with Gasteiger partial charge in [-0.2, -0.15) is 0 Å². The molecule has 1 aliphatic carbocycles. The summed E-state index contributed by atoms with van der Waals surface area (Å²) >= 11 is 0. The lowest BCUT2D eigenvalue weighted by Crippen LogP contribution is -2.55. The second kappa shape index (κ2) is 3.20. The smallest absolute Gasteiger partial charge is 0.160 e. The minimum atomic E-state index is 0.332. The highest BCUT2D eigenvalue weighted by Gasteiger charge is 2.42. The number of piperidine rings is 2. The van der Waals surface area contributed by atoms with E-state index in [2.05, 4.69) is 11.0 Å². The predicted octanol–water partition coefficient (Wildman–Crippen LogP) is 1.62. The molecule has 0 unspecified atom stereocenters. The molecule has 0 aromatic heterocycles. The Hall–Kier alpha value is -0.630. The van der Waals surface area contributed by atoms with Gasteiger partial charge in [-0.15, -0.1) is 0 Å². The molecule has 0 spiro atoms. The van der Waals surface area contributed by atoms with Crippen LogP contribution >= 0.6 is 0 Å². The summed E-state index contributed by atoms with van der Waals surface area (Å²) in [7, 11) is 0. The minimum Gasteiger partial charge on any atom is -0.299 e. The fourth-order valence-electron chi connectivity index (χ4n) is 3.48. The highest BCUT2D eigenvalue weighted by atomic mass is 16.1. The Morgan fingerprint density at radius 1 is 1.21 bits per heavy atom. The Kier molecular flexibility index (Phi) is 1.98. The SMILES string of the molecule is O=C1C=C[C@@H]2CCCN3CCC[C@H]1[C@@H]23. The summed E-state index contributed by atoms with van der Waals surface area (Å²) in [6.07, 6.45) is 8.96. The van der Waals surface area contributed by atoms with Gasteiger partial charge in [0.15, 0.2) is 5.78 Å². The Bertz CT molecular complexity index is 282. The van der Waals surface area contributed by atoms with Crippen molar-refractivity contribution in [3.63, 3.8) is 0 Å². The van der Waals surface area contributed by atoms with Gasteiger partial charge in [-0.05, 0) is 50.8 Å². The van der Waals surface area contributed by atoms with Crippen LogP contribution in [0.1, 0.15) is 25.7 Å². The van der Waals surface area contributed by atoms with E-state index in [1.165, 1.54) is 32.4 Å². The van der Waals surface area contributed by atoms with Gasteiger partial charge < -0.3 is 0 Å². The quantitative estimate of drug-likeness (QED) is 0.580. The van der Waals surface area contributed by atoms with Gasteiger partial charge in [0.2, 0.25) is 0 Å². The summed E-state index contributed by atoms with van der Waals surface area (Å²) in [5.74, 6) is 1.39. The summed E-state index contributed by atoms with van der Waals surface area (Å²) in [5.41, 5.74) is 0. The maximum absolute atomic E-state index is 11.7. The number of allylic oxidation sites excluding steroid dienone is 1. The van der Waals surface area contributed by atoms with Crippen molar-refractivity contribution in [2.45, 2.75) is 31.7 Å². The Labute approximate surface area is 85.0 Å². The molecule has 0 aromatic rings. The van der Waals surface area contributed by atoms with Crippen LogP contribution in [0.2, 0.25) is 0 Å². The zero-order chi connectivity index (χ0) is 9.54. The molecule has 2 heteroatoms. The van der Waals surface area contributed by atoms with Crippen LogP contribution in [0.25, 0.3) is 0 Å². The first-order valence-corrected chi connectivity index (χ1v) is 5.82. The summed E-state index contributed by atoms with van der Waals surface area (Å²) < 4.78 is 0. The van der Waals surface area contributed by atoms with Gasteiger partial charge in [0.25, 0.3) is 0 Å². The molecule has 0 radical (unpaired) electrons. The van der Waals surface area contributed by atoms with Crippen LogP contribution in [0.5, 0.6) is 0 Å². The second-order valence-corrected chi connectivity index (χ2v) is 4.84. The zero-order valence-corrected chi connectivity index (χ0v) is 8.48. The highest BCUT2D eigenvalue weighted by molar-refractivity contribution is 5.93. The topological polar surface area (TPSA) is 20.3 Å². The maximum Gasteiger partial charge on any atom is 0.160 e. The van der Waals surface area contributed by atoms with Gasteiger partial charge in [-0.1, -0.05) is 6.08 Å². The number of carbonyl (C=O) groups is 1. The largest absolute Gasteiger partial charge is 0.299 e. The van der Waals surface area contributed by atoms with Crippen molar-refractivity contribution in [1.82, 2.24) is 4.90 Å². The molecule has 2 nitrogen and oxygen atoms in total. The predicted molar refractivity (Wildman–Crippen MR) is 55.0 cm³/mol. The Morgan fingerprint density at radius 2 is 2.00 bits per heavy atom. The minimum absolute atomic E-state index is 0.332. The van der Waals surface area contributed by atoms with E-state index in [1.54, 1.807) is 0 Å². The van der Waals surface area contributed by atoms with E-state index in [0.717, 1.165) is 6.42 Å². The molecule has 14 heavy (non-hydrogen) atoms. The van der Waals surface area contributed by atoms with Crippen molar-refractivity contribution in [1.29, 1.82) is 0 Å². The molecule has 0 amide bonds. The molecule has 0 aromatic carbocycles. The summed E-state index contributed by atoms with van der Waals surface area (Å²) in [6, 6.07) is 0.565. The van der Waals surface area contributed by atoms with E-state index >= 15 is 0 Å².